The number of nitrogens with zero attached hydrogens (tertiary/aromatic N) is 2. The standard InChI is InChI=1S/C11H13FN2O2/c1-16-11-9(12)2-3-10(13-11)14-6-4-8(15)5-7-14/h2-3H,4-7H2,1H3. The summed E-state index contributed by atoms with van der Waals surface area (Å²) in [5.41, 5.74) is 0. The number of halogens is 1. The van der Waals surface area contributed by atoms with Crippen molar-refractivity contribution in [3.05, 3.63) is 17.9 Å². The summed E-state index contributed by atoms with van der Waals surface area (Å²) in [6.07, 6.45) is 1.06. The molecule has 0 atom stereocenters. The quantitative estimate of drug-likeness (QED) is 0.761. The number of anilines is 1. The first kappa shape index (κ1) is 10.9. The van der Waals surface area contributed by atoms with Crippen LogP contribution in [-0.2, 0) is 4.79 Å². The molecule has 2 rings (SSSR count). The molecule has 1 aromatic rings. The zero-order valence-electron chi connectivity index (χ0n) is 9.07. The van der Waals surface area contributed by atoms with E-state index in [9.17, 15) is 9.18 Å². The molecule has 0 aliphatic carbocycles. The minimum atomic E-state index is -0.473. The number of aromatic nitrogens is 1. The minimum Gasteiger partial charge on any atom is -0.479 e. The van der Waals surface area contributed by atoms with Crippen molar-refractivity contribution in [2.24, 2.45) is 0 Å². The molecule has 0 bridgehead atoms. The van der Waals surface area contributed by atoms with Crippen molar-refractivity contribution in [2.75, 3.05) is 25.1 Å². The van der Waals surface area contributed by atoms with Gasteiger partial charge in [-0.15, -0.1) is 0 Å². The Kier molecular flexibility index (Phi) is 3.03. The van der Waals surface area contributed by atoms with Crippen LogP contribution < -0.4 is 9.64 Å². The number of hydrogen-bond donors (Lipinski definition) is 0. The zero-order chi connectivity index (χ0) is 11.5. The first-order chi connectivity index (χ1) is 7.70. The first-order valence-electron chi connectivity index (χ1n) is 5.18. The molecule has 86 valence electrons. The van der Waals surface area contributed by atoms with Gasteiger partial charge in [0, 0.05) is 25.9 Å². The van der Waals surface area contributed by atoms with Crippen LogP contribution in [0.5, 0.6) is 5.88 Å². The average Bonchev–Trinajstić information content (AvgIpc) is 2.31. The van der Waals surface area contributed by atoms with Crippen LogP contribution in [0.3, 0.4) is 0 Å². The van der Waals surface area contributed by atoms with Crippen molar-refractivity contribution in [1.29, 1.82) is 0 Å². The Morgan fingerprint density at radius 3 is 2.69 bits per heavy atom. The van der Waals surface area contributed by atoms with Gasteiger partial charge in [0.1, 0.15) is 11.6 Å². The Bertz CT molecular complexity index is 399. The summed E-state index contributed by atoms with van der Waals surface area (Å²) in [6, 6.07) is 2.94. The lowest BCUT2D eigenvalue weighted by atomic mass is 10.1. The van der Waals surface area contributed by atoms with Gasteiger partial charge in [-0.05, 0) is 12.1 Å². The number of ketones is 1. The first-order valence-corrected chi connectivity index (χ1v) is 5.18. The average molecular weight is 224 g/mol. The number of rotatable bonds is 2. The van der Waals surface area contributed by atoms with Crippen molar-refractivity contribution >= 4 is 11.6 Å². The third kappa shape index (κ3) is 2.13. The highest BCUT2D eigenvalue weighted by Crippen LogP contribution is 2.21. The van der Waals surface area contributed by atoms with Crippen LogP contribution in [-0.4, -0.2) is 31.0 Å². The third-order valence-electron chi connectivity index (χ3n) is 2.64. The molecule has 0 amide bonds. The summed E-state index contributed by atoms with van der Waals surface area (Å²) in [6.45, 7) is 1.28. The van der Waals surface area contributed by atoms with Crippen LogP contribution >= 0.6 is 0 Å². The van der Waals surface area contributed by atoms with Gasteiger partial charge in [-0.1, -0.05) is 0 Å². The van der Waals surface area contributed by atoms with Gasteiger partial charge in [0.2, 0.25) is 0 Å². The molecule has 1 fully saturated rings. The van der Waals surface area contributed by atoms with Gasteiger partial charge in [0.15, 0.2) is 5.82 Å². The molecule has 1 aliphatic heterocycles. The number of Topliss-reactive ketones (excluding diaryl/α,β-unsaturated/α-hetero) is 1. The van der Waals surface area contributed by atoms with Gasteiger partial charge in [0.25, 0.3) is 5.88 Å². The highest BCUT2D eigenvalue weighted by molar-refractivity contribution is 5.80. The number of hydrogen-bond acceptors (Lipinski definition) is 4. The number of methoxy groups -OCH3 is 1. The van der Waals surface area contributed by atoms with Crippen LogP contribution in [0.1, 0.15) is 12.8 Å². The van der Waals surface area contributed by atoms with Gasteiger partial charge in [-0.2, -0.15) is 4.98 Å². The molecule has 0 aromatic carbocycles. The molecule has 1 saturated heterocycles. The zero-order valence-corrected chi connectivity index (χ0v) is 9.07. The van der Waals surface area contributed by atoms with Gasteiger partial charge >= 0.3 is 0 Å². The predicted octanol–water partition coefficient (Wildman–Crippen LogP) is 1.40. The van der Waals surface area contributed by atoms with Crippen LogP contribution in [0.25, 0.3) is 0 Å². The summed E-state index contributed by atoms with van der Waals surface area (Å²) in [7, 11) is 1.38. The van der Waals surface area contributed by atoms with E-state index in [-0.39, 0.29) is 11.7 Å². The van der Waals surface area contributed by atoms with E-state index >= 15 is 0 Å². The Morgan fingerprint density at radius 1 is 1.38 bits per heavy atom. The van der Waals surface area contributed by atoms with Crippen molar-refractivity contribution < 1.29 is 13.9 Å². The number of piperidine rings is 1. The second kappa shape index (κ2) is 4.47. The van der Waals surface area contributed by atoms with E-state index in [2.05, 4.69) is 4.98 Å². The highest BCUT2D eigenvalue weighted by atomic mass is 19.1. The molecule has 0 unspecified atom stereocenters. The lowest BCUT2D eigenvalue weighted by molar-refractivity contribution is -0.119. The van der Waals surface area contributed by atoms with Gasteiger partial charge in [-0.3, -0.25) is 4.79 Å². The molecule has 0 saturated carbocycles. The Labute approximate surface area is 93.0 Å². The predicted molar refractivity (Wildman–Crippen MR) is 57.2 cm³/mol. The summed E-state index contributed by atoms with van der Waals surface area (Å²) in [5, 5.41) is 0. The fraction of sp³-hybridized carbons (Fsp3) is 0.455. The van der Waals surface area contributed by atoms with E-state index in [0.29, 0.717) is 31.7 Å². The van der Waals surface area contributed by atoms with Crippen molar-refractivity contribution in [1.82, 2.24) is 4.98 Å². The largest absolute Gasteiger partial charge is 0.479 e. The molecule has 16 heavy (non-hydrogen) atoms. The van der Waals surface area contributed by atoms with Crippen LogP contribution in [0.2, 0.25) is 0 Å². The summed E-state index contributed by atoms with van der Waals surface area (Å²) in [4.78, 5) is 17.1. The van der Waals surface area contributed by atoms with Crippen LogP contribution in [0.15, 0.2) is 12.1 Å². The lowest BCUT2D eigenvalue weighted by Gasteiger charge is -2.27. The normalized spacial score (nSPS) is 16.4. The van der Waals surface area contributed by atoms with Gasteiger partial charge in [0.05, 0.1) is 7.11 Å². The maximum absolute atomic E-state index is 13.1. The topological polar surface area (TPSA) is 42.4 Å². The maximum atomic E-state index is 13.1. The highest BCUT2D eigenvalue weighted by Gasteiger charge is 2.18. The molecule has 0 radical (unpaired) electrons. The fourth-order valence-electron chi connectivity index (χ4n) is 1.72. The molecule has 2 heterocycles. The van der Waals surface area contributed by atoms with Crippen molar-refractivity contribution in [2.45, 2.75) is 12.8 Å². The molecule has 5 heteroatoms. The number of ether oxygens (including phenoxy) is 1. The fourth-order valence-corrected chi connectivity index (χ4v) is 1.72. The summed E-state index contributed by atoms with van der Waals surface area (Å²) in [5.74, 6) is 0.449. The third-order valence-corrected chi connectivity index (χ3v) is 2.64. The molecule has 0 N–H and O–H groups in total. The van der Waals surface area contributed by atoms with E-state index in [4.69, 9.17) is 4.74 Å². The number of carbonyl (C=O) groups is 1. The van der Waals surface area contributed by atoms with E-state index < -0.39 is 5.82 Å². The second-order valence-corrected chi connectivity index (χ2v) is 3.69. The molecule has 0 spiro atoms. The van der Waals surface area contributed by atoms with Crippen LogP contribution in [0, 0.1) is 5.82 Å². The molecule has 4 nitrogen and oxygen atoms in total. The molecular formula is C11H13FN2O2. The van der Waals surface area contributed by atoms with Crippen LogP contribution in [0.4, 0.5) is 10.2 Å². The Morgan fingerprint density at radius 2 is 2.06 bits per heavy atom. The van der Waals surface area contributed by atoms with E-state index in [0.717, 1.165) is 0 Å². The molecule has 1 aromatic heterocycles. The maximum Gasteiger partial charge on any atom is 0.252 e. The Hall–Kier alpha value is -1.65. The van der Waals surface area contributed by atoms with Gasteiger partial charge in [-0.25, -0.2) is 4.39 Å². The van der Waals surface area contributed by atoms with Crippen molar-refractivity contribution in [3.63, 3.8) is 0 Å². The van der Waals surface area contributed by atoms with Crippen molar-refractivity contribution in [3.8, 4) is 5.88 Å². The van der Waals surface area contributed by atoms with E-state index in [1.807, 2.05) is 4.90 Å². The summed E-state index contributed by atoms with van der Waals surface area (Å²) >= 11 is 0. The smallest absolute Gasteiger partial charge is 0.252 e. The SMILES string of the molecule is COc1nc(N2CCC(=O)CC2)ccc1F. The summed E-state index contributed by atoms with van der Waals surface area (Å²) < 4.78 is 18.0. The van der Waals surface area contributed by atoms with E-state index in [1.165, 1.54) is 13.2 Å². The molecule has 1 aliphatic rings. The second-order valence-electron chi connectivity index (χ2n) is 3.69. The Balaban J connectivity index is 2.17. The van der Waals surface area contributed by atoms with Gasteiger partial charge < -0.3 is 9.64 Å². The van der Waals surface area contributed by atoms with E-state index in [1.54, 1.807) is 6.07 Å². The number of carbonyl (C=O) groups excluding carboxylic acids is 1. The number of pyridine rings is 1. The monoisotopic (exact) mass is 224 g/mol. The minimum absolute atomic E-state index is 0.00519. The molecular weight excluding hydrogens is 211 g/mol. The lowest BCUT2D eigenvalue weighted by Crippen LogP contribution is -2.34.